The van der Waals surface area contributed by atoms with Crippen LogP contribution in [0.15, 0.2) is 23.4 Å². The zero-order chi connectivity index (χ0) is 12.3. The van der Waals surface area contributed by atoms with Gasteiger partial charge in [0, 0.05) is 18.4 Å². The second-order valence-electron chi connectivity index (χ2n) is 4.31. The molecule has 0 aromatic carbocycles. The van der Waals surface area contributed by atoms with Crippen LogP contribution >= 0.6 is 11.8 Å². The number of thioether (sulfide) groups is 1. The van der Waals surface area contributed by atoms with E-state index in [-0.39, 0.29) is 11.0 Å². The number of rotatable bonds is 5. The Morgan fingerprint density at radius 1 is 1.65 bits per heavy atom. The summed E-state index contributed by atoms with van der Waals surface area (Å²) in [5, 5.41) is 18.3. The minimum Gasteiger partial charge on any atom is -0.478 e. The SMILES string of the molecule is N#CCC1(CSc2cc(C(=O)O)ccn2)CC1. The molecular weight excluding hydrogens is 236 g/mol. The molecule has 1 aliphatic rings. The molecule has 1 aromatic rings. The van der Waals surface area contributed by atoms with Crippen LogP contribution in [-0.4, -0.2) is 21.8 Å². The molecule has 1 heterocycles. The van der Waals surface area contributed by atoms with Gasteiger partial charge in [0.25, 0.3) is 0 Å². The van der Waals surface area contributed by atoms with Gasteiger partial charge in [0.15, 0.2) is 0 Å². The van der Waals surface area contributed by atoms with E-state index >= 15 is 0 Å². The van der Waals surface area contributed by atoms with E-state index < -0.39 is 5.97 Å². The summed E-state index contributed by atoms with van der Waals surface area (Å²) in [4.78, 5) is 14.9. The molecule has 88 valence electrons. The predicted octanol–water partition coefficient (Wildman–Crippen LogP) is 2.57. The summed E-state index contributed by atoms with van der Waals surface area (Å²) in [5.74, 6) is -0.0937. The van der Waals surface area contributed by atoms with Crippen LogP contribution in [0.2, 0.25) is 0 Å². The maximum absolute atomic E-state index is 10.8. The van der Waals surface area contributed by atoms with Gasteiger partial charge in [0.05, 0.1) is 16.7 Å². The number of aromatic nitrogens is 1. The van der Waals surface area contributed by atoms with Crippen molar-refractivity contribution in [3.63, 3.8) is 0 Å². The van der Waals surface area contributed by atoms with Gasteiger partial charge in [0.1, 0.15) is 0 Å². The molecule has 0 bridgehead atoms. The lowest BCUT2D eigenvalue weighted by Crippen LogP contribution is -2.03. The molecule has 5 heteroatoms. The highest BCUT2D eigenvalue weighted by Gasteiger charge is 2.42. The van der Waals surface area contributed by atoms with Gasteiger partial charge in [0.2, 0.25) is 0 Å². The molecule has 0 aliphatic heterocycles. The summed E-state index contributed by atoms with van der Waals surface area (Å²) in [5.41, 5.74) is 0.410. The number of carboxylic acid groups (broad SMARTS) is 1. The van der Waals surface area contributed by atoms with Crippen LogP contribution in [0.3, 0.4) is 0 Å². The third kappa shape index (κ3) is 2.98. The van der Waals surface area contributed by atoms with E-state index in [9.17, 15) is 4.79 Å². The Morgan fingerprint density at radius 2 is 2.41 bits per heavy atom. The summed E-state index contributed by atoms with van der Waals surface area (Å²) in [6.07, 6.45) is 4.27. The molecule has 0 radical (unpaired) electrons. The van der Waals surface area contributed by atoms with E-state index in [1.807, 2.05) is 0 Å². The number of carbonyl (C=O) groups is 1. The number of carboxylic acids is 1. The second kappa shape index (κ2) is 4.76. The minimum atomic E-state index is -0.938. The Bertz CT molecular complexity index is 478. The largest absolute Gasteiger partial charge is 0.478 e. The van der Waals surface area contributed by atoms with Crippen molar-refractivity contribution in [3.8, 4) is 6.07 Å². The third-order valence-corrected chi connectivity index (χ3v) is 4.19. The van der Waals surface area contributed by atoms with E-state index in [1.165, 1.54) is 24.0 Å². The van der Waals surface area contributed by atoms with Crippen molar-refractivity contribution in [2.75, 3.05) is 5.75 Å². The summed E-state index contributed by atoms with van der Waals surface area (Å²) in [6.45, 7) is 0. The van der Waals surface area contributed by atoms with Crippen molar-refractivity contribution < 1.29 is 9.90 Å². The Hall–Kier alpha value is -1.54. The van der Waals surface area contributed by atoms with E-state index in [0.717, 1.165) is 18.6 Å². The van der Waals surface area contributed by atoms with Crippen molar-refractivity contribution in [1.29, 1.82) is 5.26 Å². The van der Waals surface area contributed by atoms with E-state index in [1.54, 1.807) is 6.07 Å². The summed E-state index contributed by atoms with van der Waals surface area (Å²) >= 11 is 1.54. The zero-order valence-electron chi connectivity index (χ0n) is 9.22. The second-order valence-corrected chi connectivity index (χ2v) is 5.31. The number of aromatic carboxylic acids is 1. The molecule has 1 N–H and O–H groups in total. The average molecular weight is 248 g/mol. The molecule has 1 aliphatic carbocycles. The highest BCUT2D eigenvalue weighted by Crippen LogP contribution is 2.51. The Morgan fingerprint density at radius 3 is 3.00 bits per heavy atom. The third-order valence-electron chi connectivity index (χ3n) is 2.92. The highest BCUT2D eigenvalue weighted by atomic mass is 32.2. The number of hydrogen-bond donors (Lipinski definition) is 1. The van der Waals surface area contributed by atoms with Gasteiger partial charge in [-0.05, 0) is 30.4 Å². The van der Waals surface area contributed by atoms with Crippen LogP contribution in [0, 0.1) is 16.7 Å². The highest BCUT2D eigenvalue weighted by molar-refractivity contribution is 7.99. The lowest BCUT2D eigenvalue weighted by molar-refractivity contribution is 0.0696. The summed E-state index contributed by atoms with van der Waals surface area (Å²) in [7, 11) is 0. The number of nitriles is 1. The Kier molecular flexibility index (Phi) is 3.34. The first kappa shape index (κ1) is 11.9. The van der Waals surface area contributed by atoms with Crippen LogP contribution < -0.4 is 0 Å². The molecule has 4 nitrogen and oxygen atoms in total. The maximum Gasteiger partial charge on any atom is 0.335 e. The topological polar surface area (TPSA) is 74.0 Å². The fourth-order valence-electron chi connectivity index (χ4n) is 1.57. The number of nitrogens with zero attached hydrogens (tertiary/aromatic N) is 2. The van der Waals surface area contributed by atoms with Crippen LogP contribution in [-0.2, 0) is 0 Å². The minimum absolute atomic E-state index is 0.153. The van der Waals surface area contributed by atoms with E-state index in [2.05, 4.69) is 11.1 Å². The van der Waals surface area contributed by atoms with Gasteiger partial charge in [-0.15, -0.1) is 11.8 Å². The quantitative estimate of drug-likeness (QED) is 0.810. The molecule has 0 unspecified atom stereocenters. The molecule has 1 saturated carbocycles. The molecule has 0 atom stereocenters. The van der Waals surface area contributed by atoms with Gasteiger partial charge in [-0.3, -0.25) is 0 Å². The zero-order valence-corrected chi connectivity index (χ0v) is 10.0. The fraction of sp³-hybridized carbons (Fsp3) is 0.417. The first-order valence-electron chi connectivity index (χ1n) is 5.34. The molecular formula is C12H12N2O2S. The average Bonchev–Trinajstić information content (AvgIpc) is 3.08. The van der Waals surface area contributed by atoms with Crippen LogP contribution in [0.1, 0.15) is 29.6 Å². The number of pyridine rings is 1. The number of hydrogen-bond acceptors (Lipinski definition) is 4. The van der Waals surface area contributed by atoms with Crippen molar-refractivity contribution >= 4 is 17.7 Å². The Labute approximate surface area is 104 Å². The fourth-order valence-corrected chi connectivity index (χ4v) is 2.76. The van der Waals surface area contributed by atoms with E-state index in [4.69, 9.17) is 10.4 Å². The van der Waals surface area contributed by atoms with Gasteiger partial charge < -0.3 is 5.11 Å². The first-order valence-corrected chi connectivity index (χ1v) is 6.33. The van der Waals surface area contributed by atoms with Gasteiger partial charge in [-0.2, -0.15) is 5.26 Å². The van der Waals surface area contributed by atoms with Crippen LogP contribution in [0.25, 0.3) is 0 Å². The monoisotopic (exact) mass is 248 g/mol. The van der Waals surface area contributed by atoms with Gasteiger partial charge >= 0.3 is 5.97 Å². The lowest BCUT2D eigenvalue weighted by Gasteiger charge is -2.09. The summed E-state index contributed by atoms with van der Waals surface area (Å²) in [6, 6.07) is 5.27. The Balaban J connectivity index is 1.98. The normalized spacial score (nSPS) is 16.2. The van der Waals surface area contributed by atoms with E-state index in [0.29, 0.717) is 11.4 Å². The maximum atomic E-state index is 10.8. The first-order chi connectivity index (χ1) is 8.15. The van der Waals surface area contributed by atoms with Crippen molar-refractivity contribution in [2.45, 2.75) is 24.3 Å². The van der Waals surface area contributed by atoms with Crippen LogP contribution in [0.4, 0.5) is 0 Å². The van der Waals surface area contributed by atoms with Crippen molar-refractivity contribution in [3.05, 3.63) is 23.9 Å². The van der Waals surface area contributed by atoms with Gasteiger partial charge in [-0.25, -0.2) is 9.78 Å². The standard InChI is InChI=1S/C12H12N2O2S/c13-5-4-12(2-3-12)8-17-10-7-9(11(15)16)1-6-14-10/h1,6-7H,2-4,8H2,(H,15,16). The molecule has 0 spiro atoms. The molecule has 1 aromatic heterocycles. The van der Waals surface area contributed by atoms with Crippen molar-refractivity contribution in [1.82, 2.24) is 4.98 Å². The molecule has 2 rings (SSSR count). The van der Waals surface area contributed by atoms with Crippen molar-refractivity contribution in [2.24, 2.45) is 5.41 Å². The summed E-state index contributed by atoms with van der Waals surface area (Å²) < 4.78 is 0. The smallest absolute Gasteiger partial charge is 0.335 e. The molecule has 0 saturated heterocycles. The van der Waals surface area contributed by atoms with Gasteiger partial charge in [-0.1, -0.05) is 0 Å². The molecule has 17 heavy (non-hydrogen) atoms. The predicted molar refractivity (Wildman–Crippen MR) is 63.8 cm³/mol. The molecule has 0 amide bonds. The van der Waals surface area contributed by atoms with Crippen LogP contribution in [0.5, 0.6) is 0 Å². The molecule has 1 fully saturated rings. The lowest BCUT2D eigenvalue weighted by atomic mass is 10.1.